The Morgan fingerprint density at radius 3 is 2.46 bits per heavy atom. The van der Waals surface area contributed by atoms with E-state index in [4.69, 9.17) is 4.74 Å². The second-order valence-electron chi connectivity index (χ2n) is 4.18. The Morgan fingerprint density at radius 1 is 1.31 bits per heavy atom. The topological polar surface area (TPSA) is 44.7 Å². The summed E-state index contributed by atoms with van der Waals surface area (Å²) in [7, 11) is 0. The molecular formula is C9H18N2O2. The van der Waals surface area contributed by atoms with Crippen LogP contribution in [0.4, 0.5) is 0 Å². The van der Waals surface area contributed by atoms with E-state index in [1.54, 1.807) is 0 Å². The van der Waals surface area contributed by atoms with Crippen LogP contribution < -0.4 is 5.32 Å². The number of hydrogen-bond donors (Lipinski definition) is 2. The quantitative estimate of drug-likeness (QED) is 0.587. The zero-order valence-electron chi connectivity index (χ0n) is 7.96. The second-order valence-corrected chi connectivity index (χ2v) is 4.18. The highest BCUT2D eigenvalue weighted by molar-refractivity contribution is 4.89. The highest BCUT2D eigenvalue weighted by Crippen LogP contribution is 2.27. The van der Waals surface area contributed by atoms with Gasteiger partial charge in [-0.15, -0.1) is 0 Å². The van der Waals surface area contributed by atoms with Crippen LogP contribution in [-0.2, 0) is 4.74 Å². The van der Waals surface area contributed by atoms with Crippen molar-refractivity contribution in [3.05, 3.63) is 0 Å². The molecule has 0 bridgehead atoms. The van der Waals surface area contributed by atoms with Gasteiger partial charge in [0.2, 0.25) is 0 Å². The molecule has 0 aliphatic carbocycles. The van der Waals surface area contributed by atoms with Crippen molar-refractivity contribution in [2.45, 2.75) is 0 Å². The van der Waals surface area contributed by atoms with Crippen molar-refractivity contribution in [2.75, 3.05) is 52.5 Å². The smallest absolute Gasteiger partial charge is 0.0579 e. The fraction of sp³-hybridized carbons (Fsp3) is 1.00. The normalized spacial score (nSPS) is 28.4. The third kappa shape index (κ3) is 2.02. The number of aliphatic hydroxyl groups is 1. The van der Waals surface area contributed by atoms with Gasteiger partial charge in [0.25, 0.3) is 0 Å². The Kier molecular flexibility index (Phi) is 2.83. The van der Waals surface area contributed by atoms with E-state index in [1.807, 2.05) is 0 Å². The van der Waals surface area contributed by atoms with Gasteiger partial charge in [-0.05, 0) is 0 Å². The summed E-state index contributed by atoms with van der Waals surface area (Å²) >= 11 is 0. The molecule has 2 saturated heterocycles. The Balaban J connectivity index is 1.81. The monoisotopic (exact) mass is 186 g/mol. The molecule has 13 heavy (non-hydrogen) atoms. The van der Waals surface area contributed by atoms with Crippen molar-refractivity contribution in [3.63, 3.8) is 0 Å². The van der Waals surface area contributed by atoms with Crippen LogP contribution in [0.2, 0.25) is 0 Å². The maximum Gasteiger partial charge on any atom is 0.0579 e. The molecule has 0 aromatic heterocycles. The summed E-state index contributed by atoms with van der Waals surface area (Å²) in [4.78, 5) is 2.41. The molecule has 0 aromatic rings. The van der Waals surface area contributed by atoms with Crippen molar-refractivity contribution in [1.29, 1.82) is 0 Å². The third-order valence-electron chi connectivity index (χ3n) is 2.92. The molecule has 2 heterocycles. The Morgan fingerprint density at radius 2 is 2.00 bits per heavy atom. The van der Waals surface area contributed by atoms with Crippen molar-refractivity contribution in [3.8, 4) is 0 Å². The number of piperazine rings is 1. The summed E-state index contributed by atoms with van der Waals surface area (Å²) in [6, 6.07) is 0. The molecular weight excluding hydrogens is 168 g/mol. The van der Waals surface area contributed by atoms with Crippen molar-refractivity contribution >= 4 is 0 Å². The van der Waals surface area contributed by atoms with Gasteiger partial charge in [-0.1, -0.05) is 0 Å². The molecule has 2 aliphatic heterocycles. The number of ether oxygens (including phenoxy) is 1. The maximum atomic E-state index is 9.24. The Labute approximate surface area is 78.9 Å². The minimum Gasteiger partial charge on any atom is -0.396 e. The minimum absolute atomic E-state index is 0.0529. The van der Waals surface area contributed by atoms with Gasteiger partial charge < -0.3 is 15.2 Å². The summed E-state index contributed by atoms with van der Waals surface area (Å²) < 4.78 is 5.17. The van der Waals surface area contributed by atoms with Crippen LogP contribution in [0.25, 0.3) is 0 Å². The largest absolute Gasteiger partial charge is 0.396 e. The maximum absolute atomic E-state index is 9.24. The molecule has 2 fully saturated rings. The lowest BCUT2D eigenvalue weighted by Gasteiger charge is -2.44. The molecule has 0 saturated carbocycles. The number of aliphatic hydroxyl groups excluding tert-OH is 1. The van der Waals surface area contributed by atoms with E-state index in [-0.39, 0.29) is 12.0 Å². The molecule has 4 nitrogen and oxygen atoms in total. The Hall–Kier alpha value is -0.160. The molecule has 2 rings (SSSR count). The van der Waals surface area contributed by atoms with Crippen LogP contribution >= 0.6 is 0 Å². The highest BCUT2D eigenvalue weighted by Gasteiger charge is 2.39. The van der Waals surface area contributed by atoms with Crippen LogP contribution in [0.15, 0.2) is 0 Å². The lowest BCUT2D eigenvalue weighted by Crippen LogP contribution is -2.56. The summed E-state index contributed by atoms with van der Waals surface area (Å²) in [5.74, 6) is 0. The summed E-state index contributed by atoms with van der Waals surface area (Å²) in [6.07, 6.45) is 0. The third-order valence-corrected chi connectivity index (χ3v) is 2.92. The SMILES string of the molecule is OCC1(CN2CCNCC2)COC1. The van der Waals surface area contributed by atoms with Gasteiger partial charge in [0.1, 0.15) is 0 Å². The molecule has 76 valence electrons. The molecule has 0 spiro atoms. The first-order chi connectivity index (χ1) is 6.35. The summed E-state index contributed by atoms with van der Waals surface area (Å²) in [5, 5.41) is 12.6. The zero-order chi connectivity index (χ0) is 9.15. The van der Waals surface area contributed by atoms with Gasteiger partial charge in [-0.25, -0.2) is 0 Å². The number of hydrogen-bond acceptors (Lipinski definition) is 4. The van der Waals surface area contributed by atoms with Gasteiger partial charge in [-0.2, -0.15) is 0 Å². The summed E-state index contributed by atoms with van der Waals surface area (Å²) in [6.45, 7) is 7.05. The zero-order valence-corrected chi connectivity index (χ0v) is 7.96. The molecule has 2 aliphatic rings. The van der Waals surface area contributed by atoms with E-state index >= 15 is 0 Å². The predicted molar refractivity (Wildman–Crippen MR) is 49.6 cm³/mol. The molecule has 0 radical (unpaired) electrons. The molecule has 4 heteroatoms. The van der Waals surface area contributed by atoms with Crippen molar-refractivity contribution in [1.82, 2.24) is 10.2 Å². The van der Waals surface area contributed by atoms with Crippen molar-refractivity contribution in [2.24, 2.45) is 5.41 Å². The van der Waals surface area contributed by atoms with Gasteiger partial charge in [-0.3, -0.25) is 4.90 Å². The van der Waals surface area contributed by atoms with E-state index in [1.165, 1.54) is 0 Å². The number of rotatable bonds is 3. The van der Waals surface area contributed by atoms with E-state index in [2.05, 4.69) is 10.2 Å². The van der Waals surface area contributed by atoms with Gasteiger partial charge in [0.15, 0.2) is 0 Å². The Bertz CT molecular complexity index is 159. The fourth-order valence-corrected chi connectivity index (χ4v) is 1.97. The number of nitrogens with one attached hydrogen (secondary N) is 1. The van der Waals surface area contributed by atoms with E-state index in [9.17, 15) is 5.11 Å². The first kappa shape index (κ1) is 9.40. The molecule has 0 atom stereocenters. The average molecular weight is 186 g/mol. The molecule has 0 unspecified atom stereocenters. The molecule has 0 amide bonds. The molecule has 2 N–H and O–H groups in total. The fourth-order valence-electron chi connectivity index (χ4n) is 1.97. The van der Waals surface area contributed by atoms with Gasteiger partial charge in [0, 0.05) is 32.7 Å². The summed E-state index contributed by atoms with van der Waals surface area (Å²) in [5.41, 5.74) is 0.0529. The standard InChI is InChI=1S/C9H18N2O2/c12-6-9(7-13-8-9)5-11-3-1-10-2-4-11/h10,12H,1-8H2. The van der Waals surface area contributed by atoms with Crippen LogP contribution in [0, 0.1) is 5.41 Å². The number of nitrogens with zero attached hydrogens (tertiary/aromatic N) is 1. The average Bonchev–Trinajstić information content (AvgIpc) is 2.13. The highest BCUT2D eigenvalue weighted by atomic mass is 16.5. The molecule has 0 aromatic carbocycles. The van der Waals surface area contributed by atoms with E-state index < -0.39 is 0 Å². The minimum atomic E-state index is 0.0529. The lowest BCUT2D eigenvalue weighted by molar-refractivity contribution is -0.148. The first-order valence-corrected chi connectivity index (χ1v) is 4.96. The lowest BCUT2D eigenvalue weighted by atomic mass is 9.86. The van der Waals surface area contributed by atoms with E-state index in [0.717, 1.165) is 45.9 Å². The second kappa shape index (κ2) is 3.92. The van der Waals surface area contributed by atoms with E-state index in [0.29, 0.717) is 0 Å². The first-order valence-electron chi connectivity index (χ1n) is 4.96. The van der Waals surface area contributed by atoms with Crippen LogP contribution in [0.3, 0.4) is 0 Å². The van der Waals surface area contributed by atoms with Crippen molar-refractivity contribution < 1.29 is 9.84 Å². The predicted octanol–water partition coefficient (Wildman–Crippen LogP) is -1.10. The van der Waals surface area contributed by atoms with Crippen LogP contribution in [0.1, 0.15) is 0 Å². The van der Waals surface area contributed by atoms with Gasteiger partial charge >= 0.3 is 0 Å². The van der Waals surface area contributed by atoms with Gasteiger partial charge in [0.05, 0.1) is 25.2 Å². The van der Waals surface area contributed by atoms with Crippen LogP contribution in [0.5, 0.6) is 0 Å². The van der Waals surface area contributed by atoms with Crippen LogP contribution in [-0.4, -0.2) is 62.6 Å².